The summed E-state index contributed by atoms with van der Waals surface area (Å²) in [5.41, 5.74) is 2.28. The lowest BCUT2D eigenvalue weighted by Crippen LogP contribution is -2.04. The first-order valence-corrected chi connectivity index (χ1v) is 4.00. The van der Waals surface area contributed by atoms with Crippen LogP contribution in [-0.2, 0) is 0 Å². The number of anilines is 1. The van der Waals surface area contributed by atoms with Crippen molar-refractivity contribution in [3.63, 3.8) is 0 Å². The number of hydrogen-bond acceptors (Lipinski definition) is 2. The summed E-state index contributed by atoms with van der Waals surface area (Å²) in [5, 5.41) is 3.20. The molecule has 0 bridgehead atoms. The van der Waals surface area contributed by atoms with Crippen LogP contribution >= 0.6 is 0 Å². The van der Waals surface area contributed by atoms with Crippen LogP contribution in [0.1, 0.15) is 12.5 Å². The van der Waals surface area contributed by atoms with E-state index < -0.39 is 0 Å². The van der Waals surface area contributed by atoms with Crippen molar-refractivity contribution in [1.29, 1.82) is 0 Å². The molecule has 1 aromatic rings. The topological polar surface area (TPSA) is 24.9 Å². The van der Waals surface area contributed by atoms with Crippen LogP contribution in [0.4, 0.5) is 5.82 Å². The summed E-state index contributed by atoms with van der Waals surface area (Å²) in [4.78, 5) is 4.20. The monoisotopic (exact) mass is 162 g/mol. The van der Waals surface area contributed by atoms with Crippen LogP contribution < -0.4 is 5.32 Å². The van der Waals surface area contributed by atoms with Crippen LogP contribution in [0.25, 0.3) is 0 Å². The maximum Gasteiger partial charge on any atom is 0.129 e. The summed E-state index contributed by atoms with van der Waals surface area (Å²) in [7, 11) is 0. The van der Waals surface area contributed by atoms with Gasteiger partial charge in [0.05, 0.1) is 0 Å². The van der Waals surface area contributed by atoms with E-state index in [-0.39, 0.29) is 0 Å². The Bertz CT molecular complexity index is 279. The zero-order chi connectivity index (χ0) is 8.97. The van der Waals surface area contributed by atoms with E-state index in [0.717, 1.165) is 17.9 Å². The van der Waals surface area contributed by atoms with Gasteiger partial charge in [0.25, 0.3) is 0 Å². The predicted molar refractivity (Wildman–Crippen MR) is 52.3 cm³/mol. The van der Waals surface area contributed by atoms with Crippen molar-refractivity contribution in [2.45, 2.75) is 13.8 Å². The summed E-state index contributed by atoms with van der Waals surface area (Å²) in [6.45, 7) is 8.63. The molecule has 12 heavy (non-hydrogen) atoms. The second-order valence-corrected chi connectivity index (χ2v) is 2.98. The minimum absolute atomic E-state index is 0.790. The number of aromatic nitrogens is 1. The Morgan fingerprint density at radius 1 is 1.67 bits per heavy atom. The van der Waals surface area contributed by atoms with Crippen molar-refractivity contribution in [3.8, 4) is 0 Å². The molecular weight excluding hydrogens is 148 g/mol. The van der Waals surface area contributed by atoms with Crippen LogP contribution in [0.3, 0.4) is 0 Å². The SMILES string of the molecule is C=C(C)CNc1ncccc1C. The highest BCUT2D eigenvalue weighted by Crippen LogP contribution is 2.08. The maximum absolute atomic E-state index is 4.20. The molecule has 2 heteroatoms. The second kappa shape index (κ2) is 3.90. The number of nitrogens with zero attached hydrogens (tertiary/aromatic N) is 1. The van der Waals surface area contributed by atoms with E-state index in [4.69, 9.17) is 0 Å². The number of nitrogens with one attached hydrogen (secondary N) is 1. The minimum atomic E-state index is 0.790. The summed E-state index contributed by atoms with van der Waals surface area (Å²) >= 11 is 0. The maximum atomic E-state index is 4.20. The van der Waals surface area contributed by atoms with Crippen LogP contribution in [0.5, 0.6) is 0 Å². The van der Waals surface area contributed by atoms with Gasteiger partial charge in [0.15, 0.2) is 0 Å². The third-order valence-corrected chi connectivity index (χ3v) is 1.57. The Kier molecular flexibility index (Phi) is 2.86. The van der Waals surface area contributed by atoms with Crippen molar-refractivity contribution in [1.82, 2.24) is 4.98 Å². The summed E-state index contributed by atoms with van der Waals surface area (Å²) in [6.07, 6.45) is 1.79. The van der Waals surface area contributed by atoms with Gasteiger partial charge in [-0.1, -0.05) is 18.2 Å². The largest absolute Gasteiger partial charge is 0.366 e. The molecule has 0 aliphatic rings. The van der Waals surface area contributed by atoms with Crippen molar-refractivity contribution in [2.75, 3.05) is 11.9 Å². The third kappa shape index (κ3) is 2.38. The van der Waals surface area contributed by atoms with Gasteiger partial charge in [-0.15, -0.1) is 0 Å². The van der Waals surface area contributed by atoms with Gasteiger partial charge in [0, 0.05) is 12.7 Å². The second-order valence-electron chi connectivity index (χ2n) is 2.98. The fourth-order valence-corrected chi connectivity index (χ4v) is 0.905. The van der Waals surface area contributed by atoms with E-state index in [2.05, 4.69) is 16.9 Å². The molecule has 0 radical (unpaired) electrons. The molecule has 1 rings (SSSR count). The third-order valence-electron chi connectivity index (χ3n) is 1.57. The first-order chi connectivity index (χ1) is 5.70. The predicted octanol–water partition coefficient (Wildman–Crippen LogP) is 2.38. The first kappa shape index (κ1) is 8.78. The molecule has 1 heterocycles. The molecule has 0 aromatic carbocycles. The Hall–Kier alpha value is -1.31. The van der Waals surface area contributed by atoms with Crippen molar-refractivity contribution in [2.24, 2.45) is 0 Å². The van der Waals surface area contributed by atoms with Gasteiger partial charge in [0.1, 0.15) is 5.82 Å². The fraction of sp³-hybridized carbons (Fsp3) is 0.300. The average Bonchev–Trinajstić information content (AvgIpc) is 2.03. The quantitative estimate of drug-likeness (QED) is 0.690. The Labute approximate surface area is 73.3 Å². The number of aryl methyl sites for hydroxylation is 1. The lowest BCUT2D eigenvalue weighted by atomic mass is 10.3. The van der Waals surface area contributed by atoms with Crippen LogP contribution in [0.2, 0.25) is 0 Å². The molecule has 0 saturated heterocycles. The average molecular weight is 162 g/mol. The molecule has 0 spiro atoms. The zero-order valence-corrected chi connectivity index (χ0v) is 7.59. The van der Waals surface area contributed by atoms with Gasteiger partial charge in [0.2, 0.25) is 0 Å². The van der Waals surface area contributed by atoms with Gasteiger partial charge in [-0.2, -0.15) is 0 Å². The Morgan fingerprint density at radius 3 is 3.00 bits per heavy atom. The van der Waals surface area contributed by atoms with Crippen molar-refractivity contribution in [3.05, 3.63) is 36.0 Å². The smallest absolute Gasteiger partial charge is 0.129 e. The van der Waals surface area contributed by atoms with E-state index in [1.54, 1.807) is 6.20 Å². The van der Waals surface area contributed by atoms with E-state index in [1.807, 2.05) is 26.0 Å². The number of pyridine rings is 1. The molecule has 0 amide bonds. The van der Waals surface area contributed by atoms with Crippen LogP contribution in [0, 0.1) is 6.92 Å². The molecule has 1 N–H and O–H groups in total. The van der Waals surface area contributed by atoms with Gasteiger partial charge >= 0.3 is 0 Å². The molecule has 0 unspecified atom stereocenters. The molecule has 2 nitrogen and oxygen atoms in total. The number of rotatable bonds is 3. The first-order valence-electron chi connectivity index (χ1n) is 4.00. The molecule has 1 aromatic heterocycles. The van der Waals surface area contributed by atoms with Crippen molar-refractivity contribution < 1.29 is 0 Å². The van der Waals surface area contributed by atoms with Crippen LogP contribution in [0.15, 0.2) is 30.5 Å². The lowest BCUT2D eigenvalue weighted by molar-refractivity contribution is 1.15. The van der Waals surface area contributed by atoms with Crippen LogP contribution in [-0.4, -0.2) is 11.5 Å². The molecule has 64 valence electrons. The summed E-state index contributed by atoms with van der Waals surface area (Å²) in [5.74, 6) is 0.945. The highest BCUT2D eigenvalue weighted by atomic mass is 15.0. The standard InChI is InChI=1S/C10H14N2/c1-8(2)7-12-10-9(3)5-4-6-11-10/h4-6H,1,7H2,2-3H3,(H,11,12). The fourth-order valence-electron chi connectivity index (χ4n) is 0.905. The van der Waals surface area contributed by atoms with Gasteiger partial charge in [-0.05, 0) is 25.5 Å². The molecule has 0 saturated carbocycles. The lowest BCUT2D eigenvalue weighted by Gasteiger charge is -2.06. The molecule has 0 aliphatic heterocycles. The highest BCUT2D eigenvalue weighted by molar-refractivity contribution is 5.43. The number of hydrogen-bond donors (Lipinski definition) is 1. The van der Waals surface area contributed by atoms with Crippen molar-refractivity contribution >= 4 is 5.82 Å². The molecule has 0 fully saturated rings. The van der Waals surface area contributed by atoms with E-state index in [1.165, 1.54) is 5.56 Å². The van der Waals surface area contributed by atoms with Gasteiger partial charge in [-0.25, -0.2) is 4.98 Å². The van der Waals surface area contributed by atoms with E-state index in [9.17, 15) is 0 Å². The zero-order valence-electron chi connectivity index (χ0n) is 7.59. The van der Waals surface area contributed by atoms with E-state index in [0.29, 0.717) is 0 Å². The molecule has 0 aliphatic carbocycles. The summed E-state index contributed by atoms with van der Waals surface area (Å²) in [6, 6.07) is 3.97. The highest BCUT2D eigenvalue weighted by Gasteiger charge is 1.95. The normalized spacial score (nSPS) is 9.50. The Morgan fingerprint density at radius 2 is 2.42 bits per heavy atom. The van der Waals surface area contributed by atoms with Gasteiger partial charge in [-0.3, -0.25) is 0 Å². The Balaban J connectivity index is 2.63. The molecular formula is C10H14N2. The summed E-state index contributed by atoms with van der Waals surface area (Å²) < 4.78 is 0. The van der Waals surface area contributed by atoms with E-state index >= 15 is 0 Å². The van der Waals surface area contributed by atoms with Gasteiger partial charge < -0.3 is 5.32 Å². The minimum Gasteiger partial charge on any atom is -0.366 e. The molecule has 0 atom stereocenters.